The molecule has 2 aliphatic heterocycles. The van der Waals surface area contributed by atoms with E-state index in [0.717, 1.165) is 18.7 Å². The van der Waals surface area contributed by atoms with Gasteiger partial charge in [-0.3, -0.25) is 9.59 Å². The largest absolute Gasteiger partial charge is 0.352 e. The molecule has 1 fully saturated rings. The van der Waals surface area contributed by atoms with Crippen molar-refractivity contribution in [2.45, 2.75) is 33.0 Å². The summed E-state index contributed by atoms with van der Waals surface area (Å²) in [6.45, 7) is 5.54. The maximum atomic E-state index is 12.2. The Bertz CT molecular complexity index is 571. The highest BCUT2D eigenvalue weighted by Crippen LogP contribution is 2.19. The van der Waals surface area contributed by atoms with Gasteiger partial charge in [0.25, 0.3) is 0 Å². The molecule has 0 saturated carbocycles. The van der Waals surface area contributed by atoms with E-state index in [4.69, 9.17) is 0 Å². The number of carbonyl (C=O) groups is 2. The average Bonchev–Trinajstić information content (AvgIpc) is 3.10. The van der Waals surface area contributed by atoms with Crippen molar-refractivity contribution in [3.63, 3.8) is 0 Å². The molecule has 2 N–H and O–H groups in total. The molecule has 5 nitrogen and oxygen atoms in total. The van der Waals surface area contributed by atoms with Crippen LogP contribution in [0.15, 0.2) is 18.2 Å². The van der Waals surface area contributed by atoms with Crippen LogP contribution in [0, 0.1) is 5.92 Å². The Hall–Kier alpha value is -1.88. The molecule has 0 radical (unpaired) electrons. The smallest absolute Gasteiger partial charge is 0.225 e. The second-order valence-corrected chi connectivity index (χ2v) is 5.76. The van der Waals surface area contributed by atoms with E-state index in [1.165, 1.54) is 11.1 Å². The van der Waals surface area contributed by atoms with Gasteiger partial charge in [0, 0.05) is 39.1 Å². The average molecular weight is 287 g/mol. The van der Waals surface area contributed by atoms with E-state index in [1.54, 1.807) is 4.90 Å². The molecule has 1 unspecified atom stereocenters. The van der Waals surface area contributed by atoms with Crippen molar-refractivity contribution in [3.05, 3.63) is 34.9 Å². The van der Waals surface area contributed by atoms with Crippen molar-refractivity contribution >= 4 is 11.8 Å². The molecule has 1 aromatic rings. The maximum Gasteiger partial charge on any atom is 0.225 e. The Morgan fingerprint density at radius 2 is 2.19 bits per heavy atom. The molecule has 0 bridgehead atoms. The number of carbonyl (C=O) groups excluding carboxylic acids is 2. The third kappa shape index (κ3) is 2.93. The minimum absolute atomic E-state index is 0.0158. The second-order valence-electron chi connectivity index (χ2n) is 5.76. The van der Waals surface area contributed by atoms with Gasteiger partial charge in [-0.15, -0.1) is 0 Å². The van der Waals surface area contributed by atoms with Gasteiger partial charge in [0.2, 0.25) is 11.8 Å². The zero-order valence-corrected chi connectivity index (χ0v) is 12.3. The highest BCUT2D eigenvalue weighted by atomic mass is 16.2. The maximum absolute atomic E-state index is 12.2. The van der Waals surface area contributed by atoms with Gasteiger partial charge < -0.3 is 15.5 Å². The molecule has 2 heterocycles. The first-order chi connectivity index (χ1) is 10.2. The summed E-state index contributed by atoms with van der Waals surface area (Å²) in [4.78, 5) is 25.6. The summed E-state index contributed by atoms with van der Waals surface area (Å²) >= 11 is 0. The van der Waals surface area contributed by atoms with Gasteiger partial charge in [-0.05, 0) is 23.6 Å². The van der Waals surface area contributed by atoms with Crippen LogP contribution in [-0.2, 0) is 29.2 Å². The molecule has 1 atom stereocenters. The fraction of sp³-hybridized carbons (Fsp3) is 0.500. The number of hydrogen-bond acceptors (Lipinski definition) is 3. The van der Waals surface area contributed by atoms with Crippen LogP contribution in [0.5, 0.6) is 0 Å². The highest BCUT2D eigenvalue weighted by Gasteiger charge is 2.33. The topological polar surface area (TPSA) is 61.4 Å². The van der Waals surface area contributed by atoms with Crippen molar-refractivity contribution in [3.8, 4) is 0 Å². The first-order valence-corrected chi connectivity index (χ1v) is 7.54. The molecule has 112 valence electrons. The number of nitrogens with zero attached hydrogens (tertiary/aromatic N) is 1. The third-order valence-electron chi connectivity index (χ3n) is 4.34. The number of amides is 2. The van der Waals surface area contributed by atoms with Crippen LogP contribution in [0.25, 0.3) is 0 Å². The monoisotopic (exact) mass is 287 g/mol. The standard InChI is InChI=1S/C16H21N3O2/c1-2-19-10-14(6-15(19)20)16(21)18-7-11-3-4-12-8-17-9-13(12)5-11/h3-5,14,17H,2,6-10H2,1H3,(H,18,21). The molecule has 5 heteroatoms. The number of nitrogens with one attached hydrogen (secondary N) is 2. The van der Waals surface area contributed by atoms with Gasteiger partial charge in [0.15, 0.2) is 0 Å². The number of fused-ring (bicyclic) bond motifs is 1. The number of hydrogen-bond donors (Lipinski definition) is 2. The molecule has 2 aliphatic rings. The van der Waals surface area contributed by atoms with Crippen LogP contribution in [-0.4, -0.2) is 29.8 Å². The van der Waals surface area contributed by atoms with Crippen molar-refractivity contribution in [1.29, 1.82) is 0 Å². The summed E-state index contributed by atoms with van der Waals surface area (Å²) in [5.41, 5.74) is 3.77. The number of rotatable bonds is 4. The lowest BCUT2D eigenvalue weighted by atomic mass is 10.1. The Labute approximate surface area is 124 Å². The molecule has 21 heavy (non-hydrogen) atoms. The summed E-state index contributed by atoms with van der Waals surface area (Å²) in [5.74, 6) is -0.132. The molecule has 1 aromatic carbocycles. The van der Waals surface area contributed by atoms with E-state index >= 15 is 0 Å². The van der Waals surface area contributed by atoms with E-state index < -0.39 is 0 Å². The van der Waals surface area contributed by atoms with Crippen LogP contribution < -0.4 is 10.6 Å². The lowest BCUT2D eigenvalue weighted by molar-refractivity contribution is -0.128. The van der Waals surface area contributed by atoms with Crippen LogP contribution in [0.2, 0.25) is 0 Å². The molecule has 0 aromatic heterocycles. The Morgan fingerprint density at radius 3 is 2.95 bits per heavy atom. The molecular weight excluding hydrogens is 266 g/mol. The van der Waals surface area contributed by atoms with Crippen molar-refractivity contribution in [1.82, 2.24) is 15.5 Å². The van der Waals surface area contributed by atoms with Crippen molar-refractivity contribution < 1.29 is 9.59 Å². The molecule has 2 amide bonds. The van der Waals surface area contributed by atoms with Gasteiger partial charge in [-0.25, -0.2) is 0 Å². The van der Waals surface area contributed by atoms with Gasteiger partial charge in [-0.2, -0.15) is 0 Å². The summed E-state index contributed by atoms with van der Waals surface area (Å²) in [5, 5.41) is 6.27. The van der Waals surface area contributed by atoms with E-state index in [-0.39, 0.29) is 17.7 Å². The van der Waals surface area contributed by atoms with Gasteiger partial charge in [0.05, 0.1) is 5.92 Å². The lowest BCUT2D eigenvalue weighted by Gasteiger charge is -2.14. The van der Waals surface area contributed by atoms with Crippen molar-refractivity contribution in [2.75, 3.05) is 13.1 Å². The first-order valence-electron chi connectivity index (χ1n) is 7.54. The number of likely N-dealkylation sites (tertiary alicyclic amines) is 1. The quantitative estimate of drug-likeness (QED) is 0.860. The summed E-state index contributed by atoms with van der Waals surface area (Å²) in [6, 6.07) is 6.33. The van der Waals surface area contributed by atoms with Crippen LogP contribution >= 0.6 is 0 Å². The van der Waals surface area contributed by atoms with Gasteiger partial charge >= 0.3 is 0 Å². The zero-order valence-electron chi connectivity index (χ0n) is 12.3. The van der Waals surface area contributed by atoms with E-state index in [2.05, 4.69) is 28.8 Å². The first kappa shape index (κ1) is 14.1. The molecule has 0 spiro atoms. The third-order valence-corrected chi connectivity index (χ3v) is 4.34. The molecule has 1 saturated heterocycles. The number of benzene rings is 1. The van der Waals surface area contributed by atoms with Crippen LogP contribution in [0.3, 0.4) is 0 Å². The SMILES string of the molecule is CCN1CC(C(=O)NCc2ccc3c(c2)CNC3)CC1=O. The minimum atomic E-state index is -0.200. The predicted octanol–water partition coefficient (Wildman–Crippen LogP) is 0.774. The Morgan fingerprint density at radius 1 is 1.38 bits per heavy atom. The van der Waals surface area contributed by atoms with Crippen LogP contribution in [0.4, 0.5) is 0 Å². The van der Waals surface area contributed by atoms with Gasteiger partial charge in [0.1, 0.15) is 0 Å². The van der Waals surface area contributed by atoms with Gasteiger partial charge in [-0.1, -0.05) is 18.2 Å². The van der Waals surface area contributed by atoms with E-state index in [1.807, 2.05) is 6.92 Å². The normalized spacial score (nSPS) is 20.7. The molecular formula is C16H21N3O2. The van der Waals surface area contributed by atoms with Crippen LogP contribution in [0.1, 0.15) is 30.0 Å². The minimum Gasteiger partial charge on any atom is -0.352 e. The van der Waals surface area contributed by atoms with E-state index in [0.29, 0.717) is 26.1 Å². The summed E-state index contributed by atoms with van der Waals surface area (Å²) < 4.78 is 0. The lowest BCUT2D eigenvalue weighted by Crippen LogP contribution is -2.32. The summed E-state index contributed by atoms with van der Waals surface area (Å²) in [7, 11) is 0. The highest BCUT2D eigenvalue weighted by molar-refractivity contribution is 5.89. The Kier molecular flexibility index (Phi) is 3.92. The molecule has 3 rings (SSSR count). The second kappa shape index (κ2) is 5.85. The zero-order chi connectivity index (χ0) is 14.8. The predicted molar refractivity (Wildman–Crippen MR) is 79.2 cm³/mol. The summed E-state index contributed by atoms with van der Waals surface area (Å²) in [6.07, 6.45) is 0.341. The fourth-order valence-electron chi connectivity index (χ4n) is 3.04. The Balaban J connectivity index is 1.55. The van der Waals surface area contributed by atoms with Crippen molar-refractivity contribution in [2.24, 2.45) is 5.92 Å². The van der Waals surface area contributed by atoms with E-state index in [9.17, 15) is 9.59 Å². The fourth-order valence-corrected chi connectivity index (χ4v) is 3.04. The molecule has 0 aliphatic carbocycles.